The summed E-state index contributed by atoms with van der Waals surface area (Å²) in [6, 6.07) is 13.6. The highest BCUT2D eigenvalue weighted by Crippen LogP contribution is 2.25. The van der Waals surface area contributed by atoms with Crippen LogP contribution < -0.4 is 5.32 Å². The van der Waals surface area contributed by atoms with Crippen LogP contribution in [-0.4, -0.2) is 30.6 Å². The third-order valence-electron chi connectivity index (χ3n) is 4.57. The van der Waals surface area contributed by atoms with Crippen LogP contribution in [0.4, 0.5) is 10.5 Å². The number of amides is 2. The van der Waals surface area contributed by atoms with Crippen molar-refractivity contribution in [3.8, 4) is 0 Å². The smallest absolute Gasteiger partial charge is 0.322 e. The molecular weight excluding hydrogens is 336 g/mol. The van der Waals surface area contributed by atoms with Crippen LogP contribution in [0.15, 0.2) is 42.5 Å². The molecule has 2 aromatic carbocycles. The Hall–Kier alpha value is -2.04. The Morgan fingerprint density at radius 2 is 2.04 bits per heavy atom. The number of benzene rings is 2. The second kappa shape index (κ2) is 7.89. The van der Waals surface area contributed by atoms with E-state index >= 15 is 0 Å². The first-order valence-corrected chi connectivity index (χ1v) is 8.97. The van der Waals surface area contributed by atoms with Crippen molar-refractivity contribution in [1.82, 2.24) is 4.90 Å². The molecule has 1 aliphatic heterocycles. The zero-order valence-corrected chi connectivity index (χ0v) is 15.3. The monoisotopic (exact) mass is 358 g/mol. The first-order valence-electron chi connectivity index (χ1n) is 8.60. The number of para-hydroxylation sites is 1. The number of ether oxygens (including phenoxy) is 1. The minimum Gasteiger partial charge on any atom is -0.370 e. The van der Waals surface area contributed by atoms with Gasteiger partial charge in [0.2, 0.25) is 0 Å². The molecule has 0 saturated carbocycles. The van der Waals surface area contributed by atoms with Crippen molar-refractivity contribution in [2.45, 2.75) is 26.4 Å². The summed E-state index contributed by atoms with van der Waals surface area (Å²) in [6.07, 6.45) is 0.757. The lowest BCUT2D eigenvalue weighted by Crippen LogP contribution is -2.44. The molecule has 2 aromatic rings. The van der Waals surface area contributed by atoms with Gasteiger partial charge >= 0.3 is 6.03 Å². The molecule has 0 aliphatic carbocycles. The zero-order valence-electron chi connectivity index (χ0n) is 14.6. The number of morpholine rings is 1. The van der Waals surface area contributed by atoms with Gasteiger partial charge in [0.1, 0.15) is 6.10 Å². The summed E-state index contributed by atoms with van der Waals surface area (Å²) in [5.74, 6) is 0. The summed E-state index contributed by atoms with van der Waals surface area (Å²) >= 11 is 5.95. The van der Waals surface area contributed by atoms with Crippen molar-refractivity contribution >= 4 is 23.3 Å². The minimum absolute atomic E-state index is 0.0775. The van der Waals surface area contributed by atoms with Crippen LogP contribution in [-0.2, 0) is 11.2 Å². The summed E-state index contributed by atoms with van der Waals surface area (Å²) in [5.41, 5.74) is 4.18. The Morgan fingerprint density at radius 1 is 1.28 bits per heavy atom. The molecule has 0 bridgehead atoms. The summed E-state index contributed by atoms with van der Waals surface area (Å²) in [4.78, 5) is 14.6. The van der Waals surface area contributed by atoms with Crippen LogP contribution in [0.25, 0.3) is 0 Å². The highest BCUT2D eigenvalue weighted by Gasteiger charge is 2.26. The predicted octanol–water partition coefficient (Wildman–Crippen LogP) is 4.82. The first kappa shape index (κ1) is 17.8. The number of aryl methyl sites for hydroxylation is 2. The van der Waals surface area contributed by atoms with Crippen molar-refractivity contribution in [3.05, 3.63) is 64.2 Å². The molecule has 1 aliphatic rings. The van der Waals surface area contributed by atoms with E-state index in [0.29, 0.717) is 24.7 Å². The van der Waals surface area contributed by atoms with Gasteiger partial charge in [-0.1, -0.05) is 48.9 Å². The Balaban J connectivity index is 1.71. The number of halogens is 1. The molecule has 1 atom stereocenters. The molecule has 25 heavy (non-hydrogen) atoms. The average molecular weight is 359 g/mol. The fourth-order valence-corrected chi connectivity index (χ4v) is 3.23. The van der Waals surface area contributed by atoms with Gasteiger partial charge in [-0.05, 0) is 42.2 Å². The third kappa shape index (κ3) is 4.14. The van der Waals surface area contributed by atoms with Crippen LogP contribution in [0.3, 0.4) is 0 Å². The highest BCUT2D eigenvalue weighted by atomic mass is 35.5. The van der Waals surface area contributed by atoms with Gasteiger partial charge in [-0.2, -0.15) is 0 Å². The molecule has 1 fully saturated rings. The lowest BCUT2D eigenvalue weighted by atomic mass is 10.1. The molecule has 3 rings (SSSR count). The number of rotatable bonds is 3. The van der Waals surface area contributed by atoms with Gasteiger partial charge in [0.25, 0.3) is 0 Å². The van der Waals surface area contributed by atoms with Gasteiger partial charge in [0, 0.05) is 17.3 Å². The molecule has 0 spiro atoms. The van der Waals surface area contributed by atoms with Gasteiger partial charge in [0.05, 0.1) is 13.2 Å². The maximum Gasteiger partial charge on any atom is 0.322 e. The number of nitrogens with one attached hydrogen (secondary N) is 1. The molecule has 1 saturated heterocycles. The summed E-state index contributed by atoms with van der Waals surface area (Å²) in [6.45, 7) is 5.75. The number of anilines is 1. The molecule has 2 amide bonds. The van der Waals surface area contributed by atoms with E-state index in [1.54, 1.807) is 0 Å². The maximum absolute atomic E-state index is 12.8. The van der Waals surface area contributed by atoms with Crippen LogP contribution in [0.5, 0.6) is 0 Å². The number of carbonyl (C=O) groups excluding carboxylic acids is 1. The van der Waals surface area contributed by atoms with E-state index in [2.05, 4.69) is 18.3 Å². The summed E-state index contributed by atoms with van der Waals surface area (Å²) < 4.78 is 5.84. The average Bonchev–Trinajstić information content (AvgIpc) is 2.64. The zero-order chi connectivity index (χ0) is 17.8. The van der Waals surface area contributed by atoms with E-state index in [1.165, 1.54) is 0 Å². The van der Waals surface area contributed by atoms with Crippen LogP contribution in [0.2, 0.25) is 5.02 Å². The molecule has 1 unspecified atom stereocenters. The Kier molecular flexibility index (Phi) is 5.61. The number of carbonyl (C=O) groups is 1. The van der Waals surface area contributed by atoms with E-state index in [-0.39, 0.29) is 12.1 Å². The van der Waals surface area contributed by atoms with Gasteiger partial charge in [0.15, 0.2) is 0 Å². The van der Waals surface area contributed by atoms with E-state index in [9.17, 15) is 4.79 Å². The SMILES string of the molecule is CCc1cccc(C)c1NC(=O)N1CCOC(c2ccc(Cl)cc2)C1. The number of hydrogen-bond donors (Lipinski definition) is 1. The van der Waals surface area contributed by atoms with Crippen molar-refractivity contribution in [1.29, 1.82) is 0 Å². The fraction of sp³-hybridized carbons (Fsp3) is 0.350. The topological polar surface area (TPSA) is 41.6 Å². The molecule has 5 heteroatoms. The maximum atomic E-state index is 12.8. The normalized spacial score (nSPS) is 17.4. The highest BCUT2D eigenvalue weighted by molar-refractivity contribution is 6.30. The minimum atomic E-state index is -0.126. The van der Waals surface area contributed by atoms with Gasteiger partial charge in [-0.3, -0.25) is 0 Å². The van der Waals surface area contributed by atoms with Crippen molar-refractivity contribution < 1.29 is 9.53 Å². The molecular formula is C20H23ClN2O2. The van der Waals surface area contributed by atoms with Gasteiger partial charge < -0.3 is 15.0 Å². The lowest BCUT2D eigenvalue weighted by Gasteiger charge is -2.33. The molecule has 4 nitrogen and oxygen atoms in total. The Bertz CT molecular complexity index is 746. The molecule has 0 aromatic heterocycles. The fourth-order valence-electron chi connectivity index (χ4n) is 3.10. The van der Waals surface area contributed by atoms with E-state index < -0.39 is 0 Å². The molecule has 1 heterocycles. The van der Waals surface area contributed by atoms with E-state index in [0.717, 1.165) is 28.8 Å². The quantitative estimate of drug-likeness (QED) is 0.854. The van der Waals surface area contributed by atoms with Crippen molar-refractivity contribution in [3.63, 3.8) is 0 Å². The van der Waals surface area contributed by atoms with Gasteiger partial charge in [-0.25, -0.2) is 4.79 Å². The third-order valence-corrected chi connectivity index (χ3v) is 4.82. The Morgan fingerprint density at radius 3 is 2.76 bits per heavy atom. The largest absolute Gasteiger partial charge is 0.370 e. The van der Waals surface area contributed by atoms with Crippen LogP contribution in [0, 0.1) is 6.92 Å². The van der Waals surface area contributed by atoms with Crippen molar-refractivity contribution in [2.24, 2.45) is 0 Å². The Labute approximate surface area is 153 Å². The van der Waals surface area contributed by atoms with Crippen LogP contribution in [0.1, 0.15) is 29.7 Å². The number of nitrogens with zero attached hydrogens (tertiary/aromatic N) is 1. The number of hydrogen-bond acceptors (Lipinski definition) is 2. The second-order valence-electron chi connectivity index (χ2n) is 6.25. The molecule has 1 N–H and O–H groups in total. The molecule has 132 valence electrons. The first-order chi connectivity index (χ1) is 12.1. The van der Waals surface area contributed by atoms with E-state index in [4.69, 9.17) is 16.3 Å². The second-order valence-corrected chi connectivity index (χ2v) is 6.69. The van der Waals surface area contributed by atoms with Crippen LogP contribution >= 0.6 is 11.6 Å². The van der Waals surface area contributed by atoms with Crippen molar-refractivity contribution in [2.75, 3.05) is 25.0 Å². The predicted molar refractivity (Wildman–Crippen MR) is 101 cm³/mol. The van der Waals surface area contributed by atoms with Gasteiger partial charge in [-0.15, -0.1) is 0 Å². The molecule has 0 radical (unpaired) electrons. The summed E-state index contributed by atoms with van der Waals surface area (Å²) in [5, 5.41) is 3.79. The van der Waals surface area contributed by atoms with E-state index in [1.807, 2.05) is 48.2 Å². The summed E-state index contributed by atoms with van der Waals surface area (Å²) in [7, 11) is 0. The standard InChI is InChI=1S/C20H23ClN2O2/c1-3-15-6-4-5-14(2)19(15)22-20(24)23-11-12-25-18(13-23)16-7-9-17(21)10-8-16/h4-10,18H,3,11-13H2,1-2H3,(H,22,24). The lowest BCUT2D eigenvalue weighted by molar-refractivity contribution is -0.0135. The number of urea groups is 1.